The average Bonchev–Trinajstić information content (AvgIpc) is 2.55. The fraction of sp³-hybridized carbons (Fsp3) is 0.125. The van der Waals surface area contributed by atoms with E-state index in [1.165, 1.54) is 24.3 Å². The first-order valence-electron chi connectivity index (χ1n) is 6.92. The number of fused-ring (bicyclic) bond motifs is 1. The van der Waals surface area contributed by atoms with Gasteiger partial charge in [0.1, 0.15) is 5.75 Å². The number of carbonyl (C=O) groups is 2. The van der Waals surface area contributed by atoms with Gasteiger partial charge in [-0.2, -0.15) is 0 Å². The van der Waals surface area contributed by atoms with Gasteiger partial charge < -0.3 is 15.5 Å². The van der Waals surface area contributed by atoms with Crippen LogP contribution in [0.3, 0.4) is 0 Å². The second-order valence-electron chi connectivity index (χ2n) is 5.48. The number of benzene rings is 2. The molecule has 3 N–H and O–H groups in total. The van der Waals surface area contributed by atoms with Gasteiger partial charge in [-0.05, 0) is 30.7 Å². The molecule has 0 bridgehead atoms. The van der Waals surface area contributed by atoms with Crippen LogP contribution in [0.25, 0.3) is 0 Å². The molecule has 1 aliphatic rings. The fourth-order valence-corrected chi connectivity index (χ4v) is 2.60. The van der Waals surface area contributed by atoms with Crippen molar-refractivity contribution >= 4 is 23.1 Å². The molecule has 1 unspecified atom stereocenters. The molecule has 8 nitrogen and oxygen atoms in total. The summed E-state index contributed by atoms with van der Waals surface area (Å²) in [5, 5.41) is 33.6. The highest BCUT2D eigenvalue weighted by atomic mass is 16.6. The van der Waals surface area contributed by atoms with Crippen molar-refractivity contribution in [1.29, 1.82) is 0 Å². The number of hydrogen-bond donors (Lipinski definition) is 3. The van der Waals surface area contributed by atoms with E-state index in [2.05, 4.69) is 5.32 Å². The van der Waals surface area contributed by atoms with Gasteiger partial charge in [0.15, 0.2) is 0 Å². The Hall–Kier alpha value is -3.26. The zero-order valence-electron chi connectivity index (χ0n) is 12.4. The number of ketones is 1. The van der Waals surface area contributed by atoms with E-state index in [4.69, 9.17) is 0 Å². The van der Waals surface area contributed by atoms with E-state index in [-0.39, 0.29) is 28.3 Å². The number of non-ortho nitro benzene ring substituents is 1. The van der Waals surface area contributed by atoms with Crippen LogP contribution in [0.1, 0.15) is 21.5 Å². The number of phenolic OH excluding ortho intramolecular Hbond substituents is 1. The molecule has 3 rings (SSSR count). The van der Waals surface area contributed by atoms with Crippen LogP contribution in [0.5, 0.6) is 5.75 Å². The van der Waals surface area contributed by atoms with E-state index >= 15 is 0 Å². The minimum Gasteiger partial charge on any atom is -0.508 e. The minimum absolute atomic E-state index is 0.0301. The first-order valence-corrected chi connectivity index (χ1v) is 6.92. The molecule has 2 aromatic rings. The van der Waals surface area contributed by atoms with E-state index < -0.39 is 22.2 Å². The predicted octanol–water partition coefficient (Wildman–Crippen LogP) is 1.63. The Morgan fingerprint density at radius 3 is 2.50 bits per heavy atom. The highest BCUT2D eigenvalue weighted by molar-refractivity contribution is 6.26. The van der Waals surface area contributed by atoms with Crippen molar-refractivity contribution in [2.24, 2.45) is 0 Å². The maximum atomic E-state index is 12.7. The molecule has 8 heteroatoms. The Bertz CT molecular complexity index is 907. The number of nitro groups is 1. The third-order valence-electron chi connectivity index (χ3n) is 3.98. The lowest BCUT2D eigenvalue weighted by Crippen LogP contribution is -2.50. The number of nitrogens with zero attached hydrogens (tertiary/aromatic N) is 1. The maximum Gasteiger partial charge on any atom is 0.270 e. The van der Waals surface area contributed by atoms with E-state index in [0.717, 1.165) is 12.1 Å². The normalized spacial score (nSPS) is 19.6. The SMILES string of the molecule is Cc1cc(C2(O)C(=O)Nc3ccc([N+](=O)[O-])cc3C2=O)ccc1O. The van der Waals surface area contributed by atoms with Gasteiger partial charge in [0, 0.05) is 17.7 Å². The Labute approximate surface area is 135 Å². The lowest BCUT2D eigenvalue weighted by molar-refractivity contribution is -0.384. The number of aromatic hydroxyl groups is 1. The first kappa shape index (κ1) is 15.6. The number of amides is 1. The van der Waals surface area contributed by atoms with Crippen molar-refractivity contribution in [3.05, 3.63) is 63.2 Å². The molecule has 2 aromatic carbocycles. The van der Waals surface area contributed by atoms with Gasteiger partial charge >= 0.3 is 0 Å². The van der Waals surface area contributed by atoms with Crippen molar-refractivity contribution in [2.45, 2.75) is 12.5 Å². The van der Waals surface area contributed by atoms with E-state index in [0.29, 0.717) is 5.56 Å². The van der Waals surface area contributed by atoms with Crippen LogP contribution in [0.4, 0.5) is 11.4 Å². The third-order valence-corrected chi connectivity index (χ3v) is 3.98. The lowest BCUT2D eigenvalue weighted by Gasteiger charge is -2.31. The van der Waals surface area contributed by atoms with E-state index in [1.54, 1.807) is 6.92 Å². The average molecular weight is 328 g/mol. The van der Waals surface area contributed by atoms with Crippen molar-refractivity contribution < 1.29 is 24.7 Å². The number of aliphatic hydroxyl groups is 1. The van der Waals surface area contributed by atoms with Crippen LogP contribution in [0, 0.1) is 17.0 Å². The van der Waals surface area contributed by atoms with Gasteiger partial charge in [0.2, 0.25) is 11.4 Å². The molecule has 1 amide bonds. The van der Waals surface area contributed by atoms with Crippen LogP contribution >= 0.6 is 0 Å². The third kappa shape index (κ3) is 2.12. The molecule has 0 radical (unpaired) electrons. The summed E-state index contributed by atoms with van der Waals surface area (Å²) in [5.41, 5.74) is -2.58. The monoisotopic (exact) mass is 328 g/mol. The molecule has 0 fully saturated rings. The molecule has 0 spiro atoms. The molecule has 0 saturated carbocycles. The first-order chi connectivity index (χ1) is 11.2. The number of anilines is 1. The number of rotatable bonds is 2. The van der Waals surface area contributed by atoms with Gasteiger partial charge in [-0.1, -0.05) is 6.07 Å². The molecule has 0 saturated heterocycles. The second kappa shape index (κ2) is 5.14. The quantitative estimate of drug-likeness (QED) is 0.436. The van der Waals surface area contributed by atoms with Gasteiger partial charge in [-0.25, -0.2) is 0 Å². The summed E-state index contributed by atoms with van der Waals surface area (Å²) in [4.78, 5) is 35.3. The number of carbonyl (C=O) groups excluding carboxylic acids is 2. The number of aryl methyl sites for hydroxylation is 1. The molecule has 1 atom stereocenters. The zero-order chi connectivity index (χ0) is 17.6. The Kier molecular flexibility index (Phi) is 3.34. The maximum absolute atomic E-state index is 12.7. The second-order valence-corrected chi connectivity index (χ2v) is 5.48. The molecule has 0 aromatic heterocycles. The van der Waals surface area contributed by atoms with Crippen molar-refractivity contribution in [2.75, 3.05) is 5.32 Å². The number of Topliss-reactive ketones (excluding diaryl/α,β-unsaturated/α-hetero) is 1. The van der Waals surface area contributed by atoms with Gasteiger partial charge in [0.05, 0.1) is 16.2 Å². The fourth-order valence-electron chi connectivity index (χ4n) is 2.60. The summed E-state index contributed by atoms with van der Waals surface area (Å²) in [7, 11) is 0. The summed E-state index contributed by atoms with van der Waals surface area (Å²) in [6.07, 6.45) is 0. The molecular formula is C16H12N2O6. The van der Waals surface area contributed by atoms with E-state index in [1.807, 2.05) is 0 Å². The van der Waals surface area contributed by atoms with Gasteiger partial charge in [0.25, 0.3) is 11.6 Å². The molecule has 1 aliphatic heterocycles. The van der Waals surface area contributed by atoms with Crippen molar-refractivity contribution in [3.63, 3.8) is 0 Å². The molecule has 24 heavy (non-hydrogen) atoms. The van der Waals surface area contributed by atoms with E-state index in [9.17, 15) is 29.9 Å². The number of nitro benzene ring substituents is 1. The summed E-state index contributed by atoms with van der Waals surface area (Å²) in [5.74, 6) is -1.98. The van der Waals surface area contributed by atoms with Crippen molar-refractivity contribution in [1.82, 2.24) is 0 Å². The van der Waals surface area contributed by atoms with Crippen molar-refractivity contribution in [3.8, 4) is 5.75 Å². The number of hydrogen-bond acceptors (Lipinski definition) is 6. The summed E-state index contributed by atoms with van der Waals surface area (Å²) < 4.78 is 0. The molecule has 0 aliphatic carbocycles. The zero-order valence-corrected chi connectivity index (χ0v) is 12.4. The van der Waals surface area contributed by atoms with Gasteiger partial charge in [-0.3, -0.25) is 19.7 Å². The summed E-state index contributed by atoms with van der Waals surface area (Å²) in [6.45, 7) is 1.55. The standard InChI is InChI=1S/C16H12N2O6/c1-8-6-9(2-5-13(8)19)16(22)14(20)11-7-10(18(23)24)3-4-12(11)17-15(16)21/h2-7,19,22H,1H3,(H,17,21). The highest BCUT2D eigenvalue weighted by Gasteiger charge is 2.50. The molecular weight excluding hydrogens is 316 g/mol. The summed E-state index contributed by atoms with van der Waals surface area (Å²) in [6, 6.07) is 7.23. The highest BCUT2D eigenvalue weighted by Crippen LogP contribution is 2.37. The molecule has 122 valence electrons. The topological polar surface area (TPSA) is 130 Å². The predicted molar refractivity (Wildman–Crippen MR) is 82.8 cm³/mol. The number of nitrogens with one attached hydrogen (secondary N) is 1. The summed E-state index contributed by atoms with van der Waals surface area (Å²) >= 11 is 0. The van der Waals surface area contributed by atoms with Crippen LogP contribution in [-0.2, 0) is 10.4 Å². The van der Waals surface area contributed by atoms with Crippen LogP contribution < -0.4 is 5.32 Å². The smallest absolute Gasteiger partial charge is 0.270 e. The number of phenols is 1. The van der Waals surface area contributed by atoms with Crippen LogP contribution in [0.2, 0.25) is 0 Å². The largest absolute Gasteiger partial charge is 0.508 e. The van der Waals surface area contributed by atoms with Crippen LogP contribution in [0.15, 0.2) is 36.4 Å². The van der Waals surface area contributed by atoms with Crippen LogP contribution in [-0.4, -0.2) is 26.8 Å². The van der Waals surface area contributed by atoms with Gasteiger partial charge in [-0.15, -0.1) is 0 Å². The Balaban J connectivity index is 2.18. The lowest BCUT2D eigenvalue weighted by atomic mass is 9.81. The Morgan fingerprint density at radius 2 is 1.88 bits per heavy atom. The Morgan fingerprint density at radius 1 is 1.17 bits per heavy atom. The molecule has 1 heterocycles. The minimum atomic E-state index is -2.53.